The largest absolute Gasteiger partial charge is 0.485 e. The fourth-order valence-corrected chi connectivity index (χ4v) is 14.3. The van der Waals surface area contributed by atoms with E-state index in [0.717, 1.165) is 168 Å². The zero-order valence-corrected chi connectivity index (χ0v) is 46.6. The minimum Gasteiger partial charge on any atom is -0.485 e. The monoisotopic (exact) mass is 1050 g/mol. The van der Waals surface area contributed by atoms with Crippen molar-refractivity contribution in [2.75, 3.05) is 96.9 Å². The Kier molecular flexibility index (Phi) is 16.5. The maximum atomic E-state index is 14.1. The highest BCUT2D eigenvalue weighted by molar-refractivity contribution is 5.91. The first-order valence-electron chi connectivity index (χ1n) is 29.8. The van der Waals surface area contributed by atoms with E-state index in [1.54, 1.807) is 0 Å². The van der Waals surface area contributed by atoms with Crippen LogP contribution in [0.25, 0.3) is 10.9 Å². The first-order chi connectivity index (χ1) is 37.6. The van der Waals surface area contributed by atoms with Crippen molar-refractivity contribution in [1.29, 1.82) is 0 Å². The topological polar surface area (TPSA) is 118 Å². The Morgan fingerprint density at radius 1 is 0.740 bits per heavy atom. The molecule has 2 amide bonds. The summed E-state index contributed by atoms with van der Waals surface area (Å²) in [6.45, 7) is 24.1. The molecule has 412 valence electrons. The van der Waals surface area contributed by atoms with Crippen LogP contribution in [0.4, 0.5) is 5.69 Å². The molecule has 3 fully saturated rings. The second kappa shape index (κ2) is 23.6. The molecule has 1 saturated carbocycles. The smallest absolute Gasteiger partial charge is 0.239 e. The lowest BCUT2D eigenvalue weighted by Crippen LogP contribution is -2.74. The number of unbranched alkanes of at least 4 members (excludes halogenated alkanes) is 2. The number of hydrogen-bond acceptors (Lipinski definition) is 10. The van der Waals surface area contributed by atoms with Crippen molar-refractivity contribution in [2.24, 2.45) is 5.92 Å². The number of aliphatic hydroxyl groups is 1. The second-order valence-electron chi connectivity index (χ2n) is 23.3. The number of carbonyl (C=O) groups excluding carboxylic acids is 2. The van der Waals surface area contributed by atoms with Crippen LogP contribution in [0.1, 0.15) is 112 Å². The molecular formula is C64H86N8O5. The Morgan fingerprint density at radius 3 is 2.21 bits per heavy atom. The van der Waals surface area contributed by atoms with Gasteiger partial charge in [0.1, 0.15) is 13.2 Å². The molecule has 3 unspecified atom stereocenters. The molecule has 3 N–H and O–H groups in total. The molecule has 11 rings (SSSR count). The van der Waals surface area contributed by atoms with Gasteiger partial charge >= 0.3 is 0 Å². The van der Waals surface area contributed by atoms with Gasteiger partial charge in [-0.3, -0.25) is 19.4 Å². The molecule has 77 heavy (non-hydrogen) atoms. The highest BCUT2D eigenvalue weighted by Crippen LogP contribution is 2.69. The highest BCUT2D eigenvalue weighted by atomic mass is 16.5. The quantitative estimate of drug-likeness (QED) is 0.0656. The minimum atomic E-state index is -1.07. The standard InChI is InChI=1S/C64H86N8O5/c1-5-67-33-34-68(6-2)37-38-70(8-4)51(43-69(7-3)36-35-67)39-46-24-27-50(28-25-46)66-57(73)21-13-10-16-31-65-58(74)44-72-54-20-15-14-19-52(54)53-41-64(75)56-40-49-26-29-55(76-45-48-17-11-9-12-18-48)61-59(49)63(64,62(77-61)60(53)72)30-32-71(56)42-47-22-23-47/h9,11-12,14-15,17-20,24-29,47,51,56,62,75H,5-8,10,13,16,21-23,30-45H2,1-4H3,(H,65,74)(H,66,73)/t51?,56?,62-,63?,64+/m0/s1. The van der Waals surface area contributed by atoms with Crippen LogP contribution in [0.2, 0.25) is 0 Å². The number of hydrogen-bond donors (Lipinski definition) is 3. The molecule has 1 aromatic heterocycles. The average Bonchev–Trinajstić information content (AvgIpc) is 3.45. The second-order valence-corrected chi connectivity index (χ2v) is 23.3. The van der Waals surface area contributed by atoms with E-state index >= 15 is 0 Å². The van der Waals surface area contributed by atoms with Crippen LogP contribution < -0.4 is 20.1 Å². The van der Waals surface area contributed by atoms with E-state index in [4.69, 9.17) is 9.47 Å². The molecule has 13 heteroatoms. The van der Waals surface area contributed by atoms with Crippen LogP contribution >= 0.6 is 0 Å². The molecule has 5 aromatic rings. The third-order valence-electron chi connectivity index (χ3n) is 18.9. The van der Waals surface area contributed by atoms with Gasteiger partial charge in [-0.25, -0.2) is 0 Å². The molecule has 2 saturated heterocycles. The van der Waals surface area contributed by atoms with Gasteiger partial charge in [-0.1, -0.05) is 101 Å². The summed E-state index contributed by atoms with van der Waals surface area (Å²) in [6.07, 6.45) is 7.85. The van der Waals surface area contributed by atoms with Crippen LogP contribution in [0.15, 0.2) is 91.0 Å². The van der Waals surface area contributed by atoms with Gasteiger partial charge in [0.15, 0.2) is 17.6 Å². The number of nitrogens with one attached hydrogen (secondary N) is 2. The lowest BCUT2D eigenvalue weighted by atomic mass is 9.49. The Morgan fingerprint density at radius 2 is 1.47 bits per heavy atom. The predicted octanol–water partition coefficient (Wildman–Crippen LogP) is 8.45. The molecule has 4 aromatic carbocycles. The van der Waals surface area contributed by atoms with Crippen LogP contribution in [-0.4, -0.2) is 155 Å². The van der Waals surface area contributed by atoms with E-state index in [-0.39, 0.29) is 24.4 Å². The summed E-state index contributed by atoms with van der Waals surface area (Å²) in [6, 6.07) is 31.8. The van der Waals surface area contributed by atoms with E-state index in [2.05, 4.69) is 134 Å². The average molecular weight is 1050 g/mol. The zero-order chi connectivity index (χ0) is 53.1. The number of piperidine rings is 1. The third-order valence-corrected chi connectivity index (χ3v) is 18.9. The van der Waals surface area contributed by atoms with Gasteiger partial charge in [0.2, 0.25) is 11.8 Å². The lowest BCUT2D eigenvalue weighted by molar-refractivity contribution is -0.173. The van der Waals surface area contributed by atoms with E-state index in [9.17, 15) is 14.7 Å². The first-order valence-corrected chi connectivity index (χ1v) is 29.8. The third kappa shape index (κ3) is 10.9. The maximum Gasteiger partial charge on any atom is 0.239 e. The summed E-state index contributed by atoms with van der Waals surface area (Å²) in [5.41, 5.74) is 6.90. The van der Waals surface area contributed by atoms with Crippen LogP contribution in [-0.2, 0) is 47.4 Å². The SMILES string of the molecule is CCN1CCN(CC)CCN(CC)C(Cc2ccc(NC(=O)CCCCCNC(=O)Cn3c4c(c5ccccc53)C[C@@]3(O)C5Cc6ccc(OCc7ccccc7)c7c6C3(CCN5CC3CC3)[C@H]4O7)cc2)CN(CC)CC1. The fourth-order valence-electron chi connectivity index (χ4n) is 14.3. The van der Waals surface area contributed by atoms with Crippen molar-refractivity contribution < 1.29 is 24.2 Å². The minimum absolute atomic E-state index is 0.0187. The molecule has 3 aliphatic heterocycles. The molecular weight excluding hydrogens is 961 g/mol. The van der Waals surface area contributed by atoms with E-state index < -0.39 is 17.1 Å². The number of para-hydroxylation sites is 1. The summed E-state index contributed by atoms with van der Waals surface area (Å²) in [4.78, 5) is 40.4. The van der Waals surface area contributed by atoms with Crippen molar-refractivity contribution >= 4 is 28.4 Å². The normalized spacial score (nSPS) is 25.1. The molecule has 6 aliphatic rings. The van der Waals surface area contributed by atoms with Gasteiger partial charge in [-0.05, 0) is 130 Å². The van der Waals surface area contributed by atoms with E-state index in [1.807, 2.05) is 24.3 Å². The highest BCUT2D eigenvalue weighted by Gasteiger charge is 2.73. The summed E-state index contributed by atoms with van der Waals surface area (Å²) in [5.74, 6) is 2.13. The van der Waals surface area contributed by atoms with Gasteiger partial charge in [0.05, 0.1) is 16.7 Å². The number of nitrogens with zero attached hydrogens (tertiary/aromatic N) is 6. The van der Waals surface area contributed by atoms with Crippen molar-refractivity contribution in [1.82, 2.24) is 34.4 Å². The Bertz CT molecular complexity index is 2830. The number of benzene rings is 4. The molecule has 0 radical (unpaired) electrons. The van der Waals surface area contributed by atoms with Crippen molar-refractivity contribution in [2.45, 2.75) is 134 Å². The lowest BCUT2D eigenvalue weighted by Gasteiger charge is -2.63. The van der Waals surface area contributed by atoms with Gasteiger partial charge in [0.25, 0.3) is 0 Å². The zero-order valence-electron chi connectivity index (χ0n) is 46.6. The summed E-state index contributed by atoms with van der Waals surface area (Å²) < 4.78 is 16.1. The molecule has 13 nitrogen and oxygen atoms in total. The Hall–Kier alpha value is -5.28. The predicted molar refractivity (Wildman–Crippen MR) is 307 cm³/mol. The van der Waals surface area contributed by atoms with Crippen LogP contribution in [0.3, 0.4) is 0 Å². The number of likely N-dealkylation sites (tertiary alicyclic amines) is 1. The fraction of sp³-hybridized carbons (Fsp3) is 0.562. The summed E-state index contributed by atoms with van der Waals surface area (Å²) in [7, 11) is 0. The number of rotatable bonds is 20. The summed E-state index contributed by atoms with van der Waals surface area (Å²) in [5, 5.41) is 21.1. The Balaban J connectivity index is 0.713. The first kappa shape index (κ1) is 53.7. The molecule has 4 heterocycles. The van der Waals surface area contributed by atoms with Gasteiger partial charge in [0, 0.05) is 106 Å². The summed E-state index contributed by atoms with van der Waals surface area (Å²) >= 11 is 0. The van der Waals surface area contributed by atoms with Crippen molar-refractivity contribution in [3.8, 4) is 11.5 Å². The van der Waals surface area contributed by atoms with Gasteiger partial charge < -0.3 is 44.5 Å². The number of likely N-dealkylation sites (N-methyl/N-ethyl adjacent to an activating group) is 4. The number of carbonyl (C=O) groups is 2. The van der Waals surface area contributed by atoms with Crippen LogP contribution in [0.5, 0.6) is 11.5 Å². The molecule has 3 aliphatic carbocycles. The van der Waals surface area contributed by atoms with Crippen LogP contribution in [0, 0.1) is 5.92 Å². The maximum absolute atomic E-state index is 14.1. The van der Waals surface area contributed by atoms with E-state index in [0.29, 0.717) is 43.7 Å². The molecule has 5 atom stereocenters. The number of fused-ring (bicyclic) bond motifs is 4. The number of ether oxygens (including phenoxy) is 2. The molecule has 1 spiro atoms. The number of amides is 2. The van der Waals surface area contributed by atoms with Gasteiger partial charge in [-0.2, -0.15) is 0 Å². The van der Waals surface area contributed by atoms with E-state index in [1.165, 1.54) is 24.0 Å². The molecule has 2 bridgehead atoms. The number of aromatic nitrogens is 1. The van der Waals surface area contributed by atoms with Gasteiger partial charge in [-0.15, -0.1) is 0 Å². The van der Waals surface area contributed by atoms with Crippen molar-refractivity contribution in [3.63, 3.8) is 0 Å². The van der Waals surface area contributed by atoms with Crippen molar-refractivity contribution in [3.05, 3.63) is 125 Å². The Labute approximate surface area is 458 Å². The number of anilines is 1.